The summed E-state index contributed by atoms with van der Waals surface area (Å²) in [4.78, 5) is 11.8. The molecule has 1 fully saturated rings. The average molecular weight is 263 g/mol. The zero-order valence-corrected chi connectivity index (χ0v) is 12.8. The van der Waals surface area contributed by atoms with Gasteiger partial charge in [-0.05, 0) is 19.3 Å². The van der Waals surface area contributed by atoms with Gasteiger partial charge in [-0.1, -0.05) is 20.8 Å². The normalized spacial score (nSPS) is 17.7. The van der Waals surface area contributed by atoms with E-state index in [2.05, 4.69) is 39.5 Å². The Bertz CT molecular complexity index is 422. The van der Waals surface area contributed by atoms with Gasteiger partial charge >= 0.3 is 0 Å². The summed E-state index contributed by atoms with van der Waals surface area (Å²) in [5, 5.41) is 0. The maximum absolute atomic E-state index is 5.37. The van der Waals surface area contributed by atoms with Gasteiger partial charge in [0.15, 0.2) is 0 Å². The predicted octanol–water partition coefficient (Wildman–Crippen LogP) is 2.22. The molecule has 0 aliphatic carbocycles. The highest BCUT2D eigenvalue weighted by molar-refractivity contribution is 5.31. The second-order valence-electron chi connectivity index (χ2n) is 6.32. The summed E-state index contributed by atoms with van der Waals surface area (Å²) in [6, 6.07) is 0. The number of hydrogen-bond acceptors (Lipinski definition) is 4. The fourth-order valence-electron chi connectivity index (χ4n) is 2.90. The maximum atomic E-state index is 5.37. The SMILES string of the molecule is Cc1nc(CN2CCOCC2)nc(C)c1C(C)(C)C. The van der Waals surface area contributed by atoms with Crippen molar-refractivity contribution in [2.24, 2.45) is 0 Å². The van der Waals surface area contributed by atoms with Gasteiger partial charge in [0.2, 0.25) is 0 Å². The summed E-state index contributed by atoms with van der Waals surface area (Å²) < 4.78 is 5.37. The molecule has 0 radical (unpaired) electrons. The molecule has 4 nitrogen and oxygen atoms in total. The number of morpholine rings is 1. The lowest BCUT2D eigenvalue weighted by molar-refractivity contribution is 0.0330. The Balaban J connectivity index is 2.19. The van der Waals surface area contributed by atoms with Crippen LogP contribution in [0.2, 0.25) is 0 Å². The third kappa shape index (κ3) is 3.51. The van der Waals surface area contributed by atoms with Crippen LogP contribution in [-0.2, 0) is 16.7 Å². The van der Waals surface area contributed by atoms with E-state index in [4.69, 9.17) is 14.7 Å². The third-order valence-corrected chi connectivity index (χ3v) is 3.54. The Hall–Kier alpha value is -1.00. The molecule has 2 rings (SSSR count). The third-order valence-electron chi connectivity index (χ3n) is 3.54. The van der Waals surface area contributed by atoms with Gasteiger partial charge in [0, 0.05) is 30.0 Å². The van der Waals surface area contributed by atoms with E-state index in [9.17, 15) is 0 Å². The summed E-state index contributed by atoms with van der Waals surface area (Å²) in [6.07, 6.45) is 0. The van der Waals surface area contributed by atoms with Gasteiger partial charge in [-0.25, -0.2) is 9.97 Å². The minimum atomic E-state index is 0.103. The van der Waals surface area contributed by atoms with Crippen molar-refractivity contribution in [1.82, 2.24) is 14.9 Å². The number of hydrogen-bond donors (Lipinski definition) is 0. The lowest BCUT2D eigenvalue weighted by Gasteiger charge is -2.27. The van der Waals surface area contributed by atoms with Crippen LogP contribution in [0, 0.1) is 13.8 Å². The molecule has 0 atom stereocenters. The monoisotopic (exact) mass is 263 g/mol. The van der Waals surface area contributed by atoms with Crippen LogP contribution in [0.5, 0.6) is 0 Å². The van der Waals surface area contributed by atoms with Crippen LogP contribution in [0.1, 0.15) is 43.5 Å². The van der Waals surface area contributed by atoms with E-state index in [1.54, 1.807) is 0 Å². The average Bonchev–Trinajstić information content (AvgIpc) is 2.27. The van der Waals surface area contributed by atoms with Gasteiger partial charge in [-0.2, -0.15) is 0 Å². The number of aromatic nitrogens is 2. The van der Waals surface area contributed by atoms with Gasteiger partial charge in [0.1, 0.15) is 5.82 Å². The highest BCUT2D eigenvalue weighted by Gasteiger charge is 2.22. The Morgan fingerprint density at radius 2 is 1.58 bits per heavy atom. The highest BCUT2D eigenvalue weighted by Crippen LogP contribution is 2.27. The molecule has 2 heterocycles. The molecule has 0 aromatic carbocycles. The fourth-order valence-corrected chi connectivity index (χ4v) is 2.90. The second kappa shape index (κ2) is 5.55. The molecule has 4 heteroatoms. The van der Waals surface area contributed by atoms with Gasteiger partial charge in [0.05, 0.1) is 19.8 Å². The molecule has 0 spiro atoms. The quantitative estimate of drug-likeness (QED) is 0.820. The van der Waals surface area contributed by atoms with Crippen LogP contribution in [0.4, 0.5) is 0 Å². The molecule has 1 aliphatic rings. The van der Waals surface area contributed by atoms with Crippen molar-refractivity contribution in [2.75, 3.05) is 26.3 Å². The fraction of sp³-hybridized carbons (Fsp3) is 0.733. The van der Waals surface area contributed by atoms with Crippen molar-refractivity contribution >= 4 is 0 Å². The standard InChI is InChI=1S/C15H25N3O/c1-11-14(15(3,4)5)12(2)17-13(16-11)10-18-6-8-19-9-7-18/h6-10H2,1-5H3. The molecule has 0 saturated carbocycles. The van der Waals surface area contributed by atoms with E-state index in [1.165, 1.54) is 5.56 Å². The first-order valence-electron chi connectivity index (χ1n) is 7.02. The van der Waals surface area contributed by atoms with E-state index in [0.717, 1.165) is 50.1 Å². The highest BCUT2D eigenvalue weighted by atomic mass is 16.5. The summed E-state index contributed by atoms with van der Waals surface area (Å²) in [5.74, 6) is 0.935. The molecule has 1 aromatic rings. The summed E-state index contributed by atoms with van der Waals surface area (Å²) in [6.45, 7) is 15.3. The van der Waals surface area contributed by atoms with E-state index in [1.807, 2.05) is 0 Å². The van der Waals surface area contributed by atoms with E-state index >= 15 is 0 Å². The largest absolute Gasteiger partial charge is 0.379 e. The van der Waals surface area contributed by atoms with E-state index in [-0.39, 0.29) is 5.41 Å². The first-order valence-corrected chi connectivity index (χ1v) is 7.02. The second-order valence-corrected chi connectivity index (χ2v) is 6.32. The maximum Gasteiger partial charge on any atom is 0.142 e. The van der Waals surface area contributed by atoms with Crippen molar-refractivity contribution < 1.29 is 4.74 Å². The van der Waals surface area contributed by atoms with Gasteiger partial charge in [-0.3, -0.25) is 4.90 Å². The molecule has 0 amide bonds. The van der Waals surface area contributed by atoms with Gasteiger partial charge in [-0.15, -0.1) is 0 Å². The Kier molecular flexibility index (Phi) is 4.21. The molecule has 19 heavy (non-hydrogen) atoms. The Labute approximate surface area is 116 Å². The molecule has 106 valence electrons. The van der Waals surface area contributed by atoms with Crippen LogP contribution < -0.4 is 0 Å². The van der Waals surface area contributed by atoms with E-state index < -0.39 is 0 Å². The predicted molar refractivity (Wildman–Crippen MR) is 76.3 cm³/mol. The molecular formula is C15H25N3O. The Morgan fingerprint density at radius 3 is 2.05 bits per heavy atom. The molecular weight excluding hydrogens is 238 g/mol. The molecule has 0 unspecified atom stereocenters. The lowest BCUT2D eigenvalue weighted by atomic mass is 9.85. The zero-order valence-electron chi connectivity index (χ0n) is 12.8. The molecule has 1 saturated heterocycles. The first-order chi connectivity index (χ1) is 8.88. The van der Waals surface area contributed by atoms with Crippen LogP contribution in [0.15, 0.2) is 0 Å². The van der Waals surface area contributed by atoms with Crippen LogP contribution in [0.25, 0.3) is 0 Å². The molecule has 0 N–H and O–H groups in total. The minimum Gasteiger partial charge on any atom is -0.379 e. The van der Waals surface area contributed by atoms with Crippen molar-refractivity contribution in [2.45, 2.75) is 46.6 Å². The van der Waals surface area contributed by atoms with Crippen LogP contribution >= 0.6 is 0 Å². The summed E-state index contributed by atoms with van der Waals surface area (Å²) in [7, 11) is 0. The molecule has 1 aliphatic heterocycles. The van der Waals surface area contributed by atoms with Crippen molar-refractivity contribution in [1.29, 1.82) is 0 Å². The lowest BCUT2D eigenvalue weighted by Crippen LogP contribution is -2.36. The number of ether oxygens (including phenoxy) is 1. The smallest absolute Gasteiger partial charge is 0.142 e. The van der Waals surface area contributed by atoms with Gasteiger partial charge in [0.25, 0.3) is 0 Å². The Morgan fingerprint density at radius 1 is 1.05 bits per heavy atom. The van der Waals surface area contributed by atoms with Gasteiger partial charge < -0.3 is 4.74 Å². The van der Waals surface area contributed by atoms with Crippen LogP contribution in [-0.4, -0.2) is 41.2 Å². The molecule has 0 bridgehead atoms. The summed E-state index contributed by atoms with van der Waals surface area (Å²) in [5.41, 5.74) is 3.61. The number of aryl methyl sites for hydroxylation is 2. The molecule has 1 aromatic heterocycles. The number of rotatable bonds is 2. The number of nitrogens with zero attached hydrogens (tertiary/aromatic N) is 3. The first kappa shape index (κ1) is 14.4. The van der Waals surface area contributed by atoms with Crippen molar-refractivity contribution in [3.8, 4) is 0 Å². The van der Waals surface area contributed by atoms with Crippen molar-refractivity contribution in [3.63, 3.8) is 0 Å². The minimum absolute atomic E-state index is 0.103. The van der Waals surface area contributed by atoms with Crippen molar-refractivity contribution in [3.05, 3.63) is 22.8 Å². The van der Waals surface area contributed by atoms with Crippen LogP contribution in [0.3, 0.4) is 0 Å². The zero-order chi connectivity index (χ0) is 14.0. The topological polar surface area (TPSA) is 38.2 Å². The summed E-state index contributed by atoms with van der Waals surface area (Å²) >= 11 is 0. The van der Waals surface area contributed by atoms with E-state index in [0.29, 0.717) is 0 Å².